The molecule has 230 valence electrons. The van der Waals surface area contributed by atoms with E-state index in [1.165, 1.54) is 0 Å². The number of hydrogen-bond donors (Lipinski definition) is 1. The van der Waals surface area contributed by atoms with Gasteiger partial charge in [0.25, 0.3) is 0 Å². The highest BCUT2D eigenvalue weighted by Crippen LogP contribution is 2.38. The van der Waals surface area contributed by atoms with E-state index in [0.29, 0.717) is 31.1 Å². The maximum Gasteiger partial charge on any atom is 0.214 e. The lowest BCUT2D eigenvalue weighted by atomic mass is 9.83. The van der Waals surface area contributed by atoms with E-state index in [2.05, 4.69) is 101 Å². The summed E-state index contributed by atoms with van der Waals surface area (Å²) in [4.78, 5) is 0. The third kappa shape index (κ3) is 6.87. The van der Waals surface area contributed by atoms with E-state index in [-0.39, 0.29) is 29.0 Å². The molecule has 3 aromatic rings. The highest BCUT2D eigenvalue weighted by Gasteiger charge is 2.42. The van der Waals surface area contributed by atoms with Gasteiger partial charge in [-0.3, -0.25) is 9.36 Å². The first kappa shape index (κ1) is 33.6. The van der Waals surface area contributed by atoms with Crippen LogP contribution in [0.3, 0.4) is 0 Å². The summed E-state index contributed by atoms with van der Waals surface area (Å²) in [5, 5.41) is 20.8. The number of halogens is 2. The predicted octanol–water partition coefficient (Wildman–Crippen LogP) is 6.23. The predicted molar refractivity (Wildman–Crippen MR) is 166 cm³/mol. The molecule has 0 radical (unpaired) electrons. The summed E-state index contributed by atoms with van der Waals surface area (Å²) in [6.45, 7) is 25.3. The van der Waals surface area contributed by atoms with Gasteiger partial charge in [-0.1, -0.05) is 57.8 Å². The summed E-state index contributed by atoms with van der Waals surface area (Å²) < 4.78 is 14.0. The van der Waals surface area contributed by atoms with Gasteiger partial charge in [0.1, 0.15) is 16.3 Å². The highest BCUT2D eigenvalue weighted by molar-refractivity contribution is 6.32. The Morgan fingerprint density at radius 2 is 1.63 bits per heavy atom. The summed E-state index contributed by atoms with van der Waals surface area (Å²) in [5.41, 5.74) is 2.65. The summed E-state index contributed by atoms with van der Waals surface area (Å²) >= 11 is 14.1. The first-order valence-electron chi connectivity index (χ1n) is 14.5. The Morgan fingerprint density at radius 1 is 1.00 bits per heavy atom. The average molecular weight is 611 g/mol. The minimum absolute atomic E-state index is 0.0333. The van der Waals surface area contributed by atoms with Crippen molar-refractivity contribution in [3.63, 3.8) is 0 Å². The van der Waals surface area contributed by atoms with E-state index in [9.17, 15) is 5.11 Å². The summed E-state index contributed by atoms with van der Waals surface area (Å²) in [5.74, 6) is 0. The molecule has 3 rings (SSSR count). The number of hydrogen-bond acceptors (Lipinski definition) is 4. The third-order valence-electron chi connectivity index (χ3n) is 7.67. The molecule has 0 saturated carbocycles. The molecule has 0 aliphatic carbocycles. The van der Waals surface area contributed by atoms with E-state index in [4.69, 9.17) is 33.0 Å². The number of aliphatic hydroxyl groups is 1. The van der Waals surface area contributed by atoms with Crippen molar-refractivity contribution >= 4 is 23.2 Å². The Labute approximate surface area is 256 Å². The average Bonchev–Trinajstić information content (AvgIpc) is 3.50. The van der Waals surface area contributed by atoms with Gasteiger partial charge < -0.3 is 9.84 Å². The summed E-state index contributed by atoms with van der Waals surface area (Å²) in [6.07, 6.45) is 4.50. The summed E-state index contributed by atoms with van der Waals surface area (Å²) in [7, 11) is 1.72. The smallest absolute Gasteiger partial charge is 0.214 e. The van der Waals surface area contributed by atoms with Crippen molar-refractivity contribution in [3.8, 4) is 0 Å². The van der Waals surface area contributed by atoms with Crippen LogP contribution in [0.2, 0.25) is 10.0 Å². The van der Waals surface area contributed by atoms with Crippen LogP contribution in [-0.2, 0) is 46.0 Å². The zero-order chi connectivity index (χ0) is 31.1. The Hall–Kier alpha value is -1.87. The first-order chi connectivity index (χ1) is 18.8. The lowest BCUT2D eigenvalue weighted by molar-refractivity contribution is -0.788. The fourth-order valence-electron chi connectivity index (χ4n) is 6.09. The van der Waals surface area contributed by atoms with Crippen molar-refractivity contribution in [2.75, 3.05) is 20.3 Å². The minimum Gasteiger partial charge on any atom is -0.394 e. The van der Waals surface area contributed by atoms with Gasteiger partial charge in [0, 0.05) is 42.3 Å². The molecule has 0 spiro atoms. The van der Waals surface area contributed by atoms with Crippen LogP contribution in [0.15, 0.2) is 18.5 Å². The van der Waals surface area contributed by atoms with Crippen molar-refractivity contribution in [2.45, 2.75) is 123 Å². The number of aliphatic hydroxyl groups excluding tert-OH is 1. The molecule has 0 aliphatic rings. The second-order valence-electron chi connectivity index (χ2n) is 14.5. The maximum atomic E-state index is 9.96. The molecule has 1 N–H and O–H groups in total. The minimum atomic E-state index is -0.455. The topological polar surface area (TPSA) is 73.9 Å². The van der Waals surface area contributed by atoms with Crippen molar-refractivity contribution < 1.29 is 14.5 Å². The number of rotatable bonds is 12. The third-order valence-corrected chi connectivity index (χ3v) is 8.35. The van der Waals surface area contributed by atoms with Crippen molar-refractivity contribution in [1.29, 1.82) is 0 Å². The Bertz CT molecular complexity index is 1340. The fourth-order valence-corrected chi connectivity index (χ4v) is 7.03. The van der Waals surface area contributed by atoms with Crippen LogP contribution >= 0.6 is 23.2 Å². The molecule has 0 amide bonds. The standard InChI is InChI=1S/C31H51Cl2N6O2/c1-21(2)38-24(13-14-34-38)29(6,7)17-23-25(33)27(37(35-23)15-16-40)30(8,9)19-36-18-22(32)26(28(3,4)5)39(36)31(10,11)20-41-12/h13-14,18,21,40H,15-17,19-20H2,1-12H3/q+1. The van der Waals surface area contributed by atoms with E-state index in [0.717, 1.165) is 27.8 Å². The van der Waals surface area contributed by atoms with Gasteiger partial charge in [0.15, 0.2) is 6.54 Å². The molecule has 0 unspecified atom stereocenters. The molecule has 0 aromatic carbocycles. The first-order valence-corrected chi connectivity index (χ1v) is 15.3. The lowest BCUT2D eigenvalue weighted by Gasteiger charge is -2.31. The van der Waals surface area contributed by atoms with Crippen LogP contribution in [0.5, 0.6) is 0 Å². The SMILES string of the molecule is COCC(C)(C)n1c(C(C)(C)C)c(Cl)c[n+]1CC(C)(C)c1c(Cl)c(CC(C)(C)c2ccnn2C(C)C)nn1CCO. The van der Waals surface area contributed by atoms with Crippen LogP contribution in [-0.4, -0.2) is 49.7 Å². The molecule has 0 aliphatic heterocycles. The molecule has 0 atom stereocenters. The number of ether oxygens (including phenoxy) is 1. The van der Waals surface area contributed by atoms with Gasteiger partial charge in [-0.2, -0.15) is 10.2 Å². The van der Waals surface area contributed by atoms with E-state index < -0.39 is 5.41 Å². The second-order valence-corrected chi connectivity index (χ2v) is 15.3. The highest BCUT2D eigenvalue weighted by atomic mass is 35.5. The summed E-state index contributed by atoms with van der Waals surface area (Å²) in [6, 6.07) is 2.32. The lowest BCUT2D eigenvalue weighted by Crippen LogP contribution is -2.57. The van der Waals surface area contributed by atoms with Crippen LogP contribution in [0.4, 0.5) is 0 Å². The van der Waals surface area contributed by atoms with Gasteiger partial charge in [-0.15, -0.1) is 9.36 Å². The van der Waals surface area contributed by atoms with Crippen LogP contribution < -0.4 is 4.68 Å². The van der Waals surface area contributed by atoms with Gasteiger partial charge in [-0.25, -0.2) is 0 Å². The largest absolute Gasteiger partial charge is 0.394 e. The zero-order valence-electron chi connectivity index (χ0n) is 27.1. The van der Waals surface area contributed by atoms with Crippen molar-refractivity contribution in [3.05, 3.63) is 51.3 Å². The molecular weight excluding hydrogens is 559 g/mol. The molecule has 3 aromatic heterocycles. The Morgan fingerprint density at radius 3 is 2.17 bits per heavy atom. The molecule has 10 heteroatoms. The van der Waals surface area contributed by atoms with Gasteiger partial charge in [0.2, 0.25) is 6.20 Å². The second kappa shape index (κ2) is 12.0. The monoisotopic (exact) mass is 609 g/mol. The fraction of sp³-hybridized carbons (Fsp3) is 0.710. The van der Waals surface area contributed by atoms with E-state index in [1.54, 1.807) is 7.11 Å². The Balaban J connectivity index is 2.12. The van der Waals surface area contributed by atoms with Crippen molar-refractivity contribution in [1.82, 2.24) is 24.2 Å². The van der Waals surface area contributed by atoms with Gasteiger partial charge >= 0.3 is 0 Å². The van der Waals surface area contributed by atoms with Crippen molar-refractivity contribution in [2.24, 2.45) is 0 Å². The number of nitrogens with zero attached hydrogens (tertiary/aromatic N) is 6. The van der Waals surface area contributed by atoms with Crippen LogP contribution in [0.25, 0.3) is 0 Å². The van der Waals surface area contributed by atoms with Crippen LogP contribution in [0, 0.1) is 0 Å². The molecular formula is C31H51Cl2N6O2+. The quantitative estimate of drug-likeness (QED) is 0.247. The molecule has 8 nitrogen and oxygen atoms in total. The Kier molecular flexibility index (Phi) is 9.86. The molecule has 41 heavy (non-hydrogen) atoms. The normalized spacial score (nSPS) is 13.6. The van der Waals surface area contributed by atoms with Crippen LogP contribution in [0.1, 0.15) is 105 Å². The molecule has 0 fully saturated rings. The molecule has 0 saturated heterocycles. The van der Waals surface area contributed by atoms with E-state index >= 15 is 0 Å². The zero-order valence-corrected chi connectivity index (χ0v) is 28.7. The van der Waals surface area contributed by atoms with Gasteiger partial charge in [-0.05, 0) is 47.6 Å². The number of aromatic nitrogens is 6. The van der Waals surface area contributed by atoms with Gasteiger partial charge in [0.05, 0.1) is 41.6 Å². The maximum absolute atomic E-state index is 9.96. The molecule has 3 heterocycles. The molecule has 0 bridgehead atoms. The van der Waals surface area contributed by atoms with E-state index in [1.807, 2.05) is 17.1 Å². The number of methoxy groups -OCH3 is 1.